The zero-order valence-corrected chi connectivity index (χ0v) is 23.4. The van der Waals surface area contributed by atoms with Gasteiger partial charge in [-0.3, -0.25) is 0 Å². The molecule has 0 aromatic heterocycles. The number of hydrogen-bond acceptors (Lipinski definition) is 6. The van der Waals surface area contributed by atoms with Crippen LogP contribution >= 0.6 is 0 Å². The molecular weight excluding hydrogens is 418 g/mol. The highest BCUT2D eigenvalue weighted by atomic mass is 16.6. The van der Waals surface area contributed by atoms with Crippen molar-refractivity contribution >= 4 is 6.09 Å². The molecule has 0 unspecified atom stereocenters. The van der Waals surface area contributed by atoms with Crippen molar-refractivity contribution in [1.82, 2.24) is 15.0 Å². The quantitative estimate of drug-likeness (QED) is 0.458. The van der Waals surface area contributed by atoms with Crippen LogP contribution in [-0.2, 0) is 4.74 Å². The number of carbonyl (C=O) groups is 1. The Morgan fingerprint density at radius 3 is 1.39 bits per heavy atom. The summed E-state index contributed by atoms with van der Waals surface area (Å²) in [5.41, 5.74) is -1.18. The van der Waals surface area contributed by atoms with Gasteiger partial charge in [0.15, 0.2) is 0 Å². The van der Waals surface area contributed by atoms with Crippen LogP contribution < -0.4 is 0 Å². The molecule has 2 N–H and O–H groups in total. The number of ether oxygens (including phenoxy) is 1. The normalized spacial score (nSPS) is 26.0. The molecule has 1 heterocycles. The number of amides is 1. The fourth-order valence-electron chi connectivity index (χ4n) is 5.12. The molecule has 0 aromatic carbocycles. The van der Waals surface area contributed by atoms with E-state index in [0.29, 0.717) is 39.3 Å². The van der Waals surface area contributed by atoms with Gasteiger partial charge < -0.3 is 20.1 Å². The van der Waals surface area contributed by atoms with E-state index in [-0.39, 0.29) is 27.8 Å². The lowest BCUT2D eigenvalue weighted by molar-refractivity contribution is -0.138. The van der Waals surface area contributed by atoms with Gasteiger partial charge >= 0.3 is 6.09 Å². The Balaban J connectivity index is 3.19. The molecular formula is C26H53N3O4. The van der Waals surface area contributed by atoms with Crippen LogP contribution in [0.4, 0.5) is 4.79 Å². The van der Waals surface area contributed by atoms with Crippen molar-refractivity contribution in [3.8, 4) is 0 Å². The van der Waals surface area contributed by atoms with E-state index in [4.69, 9.17) is 4.74 Å². The Bertz CT molecular complexity index is 598. The minimum absolute atomic E-state index is 0.109. The van der Waals surface area contributed by atoms with Crippen molar-refractivity contribution in [3.63, 3.8) is 0 Å². The monoisotopic (exact) mass is 471 g/mol. The van der Waals surface area contributed by atoms with Crippen LogP contribution in [-0.4, -0.2) is 76.4 Å². The van der Waals surface area contributed by atoms with Gasteiger partial charge in [0.2, 0.25) is 0 Å². The van der Waals surface area contributed by atoms with Gasteiger partial charge in [-0.2, -0.15) is 10.1 Å². The first-order valence-electron chi connectivity index (χ1n) is 12.5. The number of hydrogen-bond donors (Lipinski definition) is 2. The molecule has 196 valence electrons. The molecule has 1 rings (SSSR count). The summed E-state index contributed by atoms with van der Waals surface area (Å²) < 4.78 is 5.73. The van der Waals surface area contributed by atoms with E-state index in [1.54, 1.807) is 0 Å². The van der Waals surface area contributed by atoms with E-state index in [2.05, 4.69) is 55.4 Å². The number of nitrogens with zero attached hydrogens (tertiary/aromatic N) is 3. The lowest BCUT2D eigenvalue weighted by Gasteiger charge is -2.41. The summed E-state index contributed by atoms with van der Waals surface area (Å²) in [5.74, 6) is 0. The maximum Gasteiger partial charge on any atom is 0.410 e. The van der Waals surface area contributed by atoms with E-state index in [1.165, 1.54) is 10.1 Å². The van der Waals surface area contributed by atoms with Crippen molar-refractivity contribution in [2.24, 2.45) is 21.7 Å². The van der Waals surface area contributed by atoms with Gasteiger partial charge in [-0.05, 0) is 61.7 Å². The van der Waals surface area contributed by atoms with E-state index in [0.717, 1.165) is 19.3 Å². The predicted molar refractivity (Wildman–Crippen MR) is 134 cm³/mol. The second kappa shape index (κ2) is 10.8. The highest BCUT2D eigenvalue weighted by molar-refractivity contribution is 5.68. The van der Waals surface area contributed by atoms with Crippen molar-refractivity contribution in [3.05, 3.63) is 0 Å². The summed E-state index contributed by atoms with van der Waals surface area (Å²) in [6.07, 6.45) is 2.09. The van der Waals surface area contributed by atoms with Crippen molar-refractivity contribution < 1.29 is 19.9 Å². The lowest BCUT2D eigenvalue weighted by Crippen LogP contribution is -2.48. The van der Waals surface area contributed by atoms with Crippen molar-refractivity contribution in [2.75, 3.05) is 39.3 Å². The maximum absolute atomic E-state index is 13.1. The van der Waals surface area contributed by atoms with Gasteiger partial charge in [0.25, 0.3) is 0 Å². The van der Waals surface area contributed by atoms with Crippen LogP contribution in [0.2, 0.25) is 0 Å². The summed E-state index contributed by atoms with van der Waals surface area (Å²) in [7, 11) is 0. The first-order valence-corrected chi connectivity index (χ1v) is 12.5. The van der Waals surface area contributed by atoms with Crippen LogP contribution in [0.15, 0.2) is 0 Å². The van der Waals surface area contributed by atoms with E-state index in [1.807, 2.05) is 25.7 Å². The average molecular weight is 472 g/mol. The molecule has 1 saturated heterocycles. The standard InChI is InChI=1S/C26H53N3O4/c1-22(2,3)33-21(30)27-17-23(4,5)12-14-28(31)19-25(8,9)16-26(10,11)20-29(32)15-13-24(6,7)18-27/h31-32H,12-20H2,1-11H3. The number of carbonyl (C=O) groups excluding carboxylic acids is 1. The second-order valence-electron chi connectivity index (χ2n) is 14.4. The first kappa shape index (κ1) is 30.1. The van der Waals surface area contributed by atoms with Crippen molar-refractivity contribution in [2.45, 2.75) is 101 Å². The fraction of sp³-hybridized carbons (Fsp3) is 0.962. The van der Waals surface area contributed by atoms with Crippen LogP contribution in [0, 0.1) is 21.7 Å². The second-order valence-corrected chi connectivity index (χ2v) is 14.4. The number of hydroxylamine groups is 4. The van der Waals surface area contributed by atoms with Crippen LogP contribution in [0.1, 0.15) is 95.4 Å². The maximum atomic E-state index is 13.1. The molecule has 0 bridgehead atoms. The van der Waals surface area contributed by atoms with Gasteiger partial charge in [0.05, 0.1) is 0 Å². The molecule has 0 saturated carbocycles. The molecule has 33 heavy (non-hydrogen) atoms. The molecule has 7 heteroatoms. The zero-order valence-electron chi connectivity index (χ0n) is 23.4. The summed E-state index contributed by atoms with van der Waals surface area (Å²) in [6, 6.07) is 0. The van der Waals surface area contributed by atoms with Crippen molar-refractivity contribution in [1.29, 1.82) is 0 Å². The lowest BCUT2D eigenvalue weighted by atomic mass is 9.74. The van der Waals surface area contributed by atoms with Gasteiger partial charge in [-0.1, -0.05) is 55.4 Å². The third-order valence-electron chi connectivity index (χ3n) is 6.16. The first-order chi connectivity index (χ1) is 14.6. The van der Waals surface area contributed by atoms with Gasteiger partial charge in [0.1, 0.15) is 5.60 Å². The SMILES string of the molecule is CC1(C)CCN(O)CC(C)(C)CC(C)(C)CN(O)CCC(C)(C)CN(C(=O)OC(C)(C)C)C1. The molecule has 1 amide bonds. The van der Waals surface area contributed by atoms with E-state index in [9.17, 15) is 15.2 Å². The third-order valence-corrected chi connectivity index (χ3v) is 6.16. The molecule has 7 nitrogen and oxygen atoms in total. The van der Waals surface area contributed by atoms with E-state index >= 15 is 0 Å². The Kier molecular flexibility index (Phi) is 9.86. The van der Waals surface area contributed by atoms with Crippen LogP contribution in [0.3, 0.4) is 0 Å². The van der Waals surface area contributed by atoms with Gasteiger partial charge in [-0.25, -0.2) is 4.79 Å². The zero-order chi connectivity index (χ0) is 25.9. The Labute approximate surface area is 203 Å². The van der Waals surface area contributed by atoms with Crippen LogP contribution in [0.25, 0.3) is 0 Å². The Morgan fingerprint density at radius 1 is 0.697 bits per heavy atom. The molecule has 0 spiro atoms. The van der Waals surface area contributed by atoms with E-state index < -0.39 is 5.60 Å². The van der Waals surface area contributed by atoms with Gasteiger partial charge in [-0.15, -0.1) is 0 Å². The minimum Gasteiger partial charge on any atom is -0.444 e. The average Bonchev–Trinajstić information content (AvgIpc) is 2.53. The number of rotatable bonds is 0. The third kappa shape index (κ3) is 12.4. The summed E-state index contributed by atoms with van der Waals surface area (Å²) in [4.78, 5) is 14.9. The molecule has 0 atom stereocenters. The smallest absolute Gasteiger partial charge is 0.410 e. The molecule has 1 aliphatic rings. The van der Waals surface area contributed by atoms with Crippen LogP contribution in [0.5, 0.6) is 0 Å². The largest absolute Gasteiger partial charge is 0.444 e. The summed E-state index contributed by atoms with van der Waals surface area (Å²) in [6.45, 7) is 26.1. The highest BCUT2D eigenvalue weighted by Gasteiger charge is 2.35. The molecule has 0 radical (unpaired) electrons. The highest BCUT2D eigenvalue weighted by Crippen LogP contribution is 2.36. The molecule has 0 aromatic rings. The molecule has 1 fully saturated rings. The molecule has 1 aliphatic heterocycles. The summed E-state index contributed by atoms with van der Waals surface area (Å²) >= 11 is 0. The minimum atomic E-state index is -0.568. The van der Waals surface area contributed by atoms with Gasteiger partial charge in [0, 0.05) is 39.3 Å². The topological polar surface area (TPSA) is 76.5 Å². The Hall–Kier alpha value is -0.890. The predicted octanol–water partition coefficient (Wildman–Crippen LogP) is 5.89. The fourth-order valence-corrected chi connectivity index (χ4v) is 5.12. The Morgan fingerprint density at radius 2 is 1.06 bits per heavy atom. The summed E-state index contributed by atoms with van der Waals surface area (Å²) in [5, 5.41) is 24.2. The molecule has 0 aliphatic carbocycles.